The molecule has 1 amide bonds. The van der Waals surface area contributed by atoms with Gasteiger partial charge in [-0.25, -0.2) is 4.68 Å². The van der Waals surface area contributed by atoms with E-state index in [-0.39, 0.29) is 5.91 Å². The maximum absolute atomic E-state index is 12.6. The molecule has 3 rings (SSSR count). The number of nitrogens with zero attached hydrogens (tertiary/aromatic N) is 4. The lowest BCUT2D eigenvalue weighted by Crippen LogP contribution is -2.35. The molecule has 1 aromatic carbocycles. The molecule has 0 radical (unpaired) electrons. The van der Waals surface area contributed by atoms with Crippen LogP contribution in [0.25, 0.3) is 0 Å². The van der Waals surface area contributed by atoms with Crippen molar-refractivity contribution in [3.05, 3.63) is 41.2 Å². The highest BCUT2D eigenvalue weighted by Gasteiger charge is 2.22. The van der Waals surface area contributed by atoms with E-state index in [4.69, 9.17) is 0 Å². The zero-order chi connectivity index (χ0) is 19.2. The summed E-state index contributed by atoms with van der Waals surface area (Å²) in [5.74, 6) is -0.145. The number of nitrogens with one attached hydrogen (secondary N) is 2. The maximum Gasteiger partial charge on any atom is 0.273 e. The Bertz CT molecular complexity index is 766. The SMILES string of the molecule is CCN(CCNC(=O)c1nnn(C2CCNCC2)c1C)c1ccccc1C. The van der Waals surface area contributed by atoms with Crippen molar-refractivity contribution in [1.29, 1.82) is 0 Å². The van der Waals surface area contributed by atoms with Gasteiger partial charge in [0, 0.05) is 25.3 Å². The Balaban J connectivity index is 1.58. The van der Waals surface area contributed by atoms with Crippen LogP contribution >= 0.6 is 0 Å². The number of hydrogen-bond acceptors (Lipinski definition) is 5. The fourth-order valence-corrected chi connectivity index (χ4v) is 3.70. The molecule has 2 N–H and O–H groups in total. The lowest BCUT2D eigenvalue weighted by Gasteiger charge is -2.25. The summed E-state index contributed by atoms with van der Waals surface area (Å²) in [6.07, 6.45) is 2.04. The lowest BCUT2D eigenvalue weighted by atomic mass is 10.1. The Hall–Kier alpha value is -2.41. The minimum atomic E-state index is -0.145. The molecule has 7 heteroatoms. The second-order valence-corrected chi connectivity index (χ2v) is 7.07. The Labute approximate surface area is 161 Å². The molecule has 1 fully saturated rings. The van der Waals surface area contributed by atoms with Crippen LogP contribution in [-0.2, 0) is 0 Å². The topological polar surface area (TPSA) is 75.1 Å². The van der Waals surface area contributed by atoms with Crippen LogP contribution in [0.4, 0.5) is 5.69 Å². The van der Waals surface area contributed by atoms with Crippen LogP contribution in [-0.4, -0.2) is 53.6 Å². The molecule has 0 bridgehead atoms. The molecule has 1 aliphatic rings. The van der Waals surface area contributed by atoms with Crippen LogP contribution in [0, 0.1) is 13.8 Å². The van der Waals surface area contributed by atoms with E-state index in [1.165, 1.54) is 11.3 Å². The third kappa shape index (κ3) is 4.47. The number of carbonyl (C=O) groups excluding carboxylic acids is 1. The first-order chi connectivity index (χ1) is 13.1. The number of aryl methyl sites for hydroxylation is 1. The third-order valence-electron chi connectivity index (χ3n) is 5.30. The van der Waals surface area contributed by atoms with Gasteiger partial charge in [0.1, 0.15) is 0 Å². The first kappa shape index (κ1) is 19.4. The molecule has 2 aromatic rings. The van der Waals surface area contributed by atoms with Gasteiger partial charge in [-0.3, -0.25) is 4.79 Å². The van der Waals surface area contributed by atoms with Gasteiger partial charge in [0.25, 0.3) is 5.91 Å². The van der Waals surface area contributed by atoms with E-state index in [2.05, 4.69) is 51.8 Å². The molecule has 1 aromatic heterocycles. The minimum absolute atomic E-state index is 0.145. The van der Waals surface area contributed by atoms with E-state index in [0.29, 0.717) is 18.3 Å². The molecule has 27 heavy (non-hydrogen) atoms. The van der Waals surface area contributed by atoms with Crippen molar-refractivity contribution in [2.24, 2.45) is 0 Å². The molecular weight excluding hydrogens is 340 g/mol. The van der Waals surface area contributed by atoms with Crippen molar-refractivity contribution in [2.75, 3.05) is 37.6 Å². The van der Waals surface area contributed by atoms with Crippen molar-refractivity contribution >= 4 is 11.6 Å². The van der Waals surface area contributed by atoms with Crippen LogP contribution in [0.3, 0.4) is 0 Å². The zero-order valence-electron chi connectivity index (χ0n) is 16.5. The lowest BCUT2D eigenvalue weighted by molar-refractivity contribution is 0.0949. The summed E-state index contributed by atoms with van der Waals surface area (Å²) in [6, 6.07) is 8.65. The Morgan fingerprint density at radius 3 is 2.74 bits per heavy atom. The molecule has 0 atom stereocenters. The molecular formula is C20H30N6O. The van der Waals surface area contributed by atoms with Crippen molar-refractivity contribution in [1.82, 2.24) is 25.6 Å². The van der Waals surface area contributed by atoms with Gasteiger partial charge in [0.15, 0.2) is 5.69 Å². The predicted molar refractivity (Wildman–Crippen MR) is 107 cm³/mol. The van der Waals surface area contributed by atoms with Crippen molar-refractivity contribution in [2.45, 2.75) is 39.7 Å². The molecule has 1 aliphatic heterocycles. The molecule has 146 valence electrons. The highest BCUT2D eigenvalue weighted by Crippen LogP contribution is 2.20. The average molecular weight is 371 g/mol. The van der Waals surface area contributed by atoms with Crippen LogP contribution < -0.4 is 15.5 Å². The van der Waals surface area contributed by atoms with E-state index in [0.717, 1.165) is 44.7 Å². The summed E-state index contributed by atoms with van der Waals surface area (Å²) in [5, 5.41) is 14.7. The van der Waals surface area contributed by atoms with Gasteiger partial charge in [-0.15, -0.1) is 5.10 Å². The number of likely N-dealkylation sites (N-methyl/N-ethyl adjacent to an activating group) is 1. The number of rotatable bonds is 7. The quantitative estimate of drug-likeness (QED) is 0.780. The number of anilines is 1. The standard InChI is InChI=1S/C20H30N6O/c1-4-25(18-8-6-5-7-15(18)2)14-13-22-20(27)19-16(3)26(24-23-19)17-9-11-21-12-10-17/h5-8,17,21H,4,9-14H2,1-3H3,(H,22,27). The number of amides is 1. The Morgan fingerprint density at radius 1 is 1.30 bits per heavy atom. The van der Waals surface area contributed by atoms with Gasteiger partial charge >= 0.3 is 0 Å². The fraction of sp³-hybridized carbons (Fsp3) is 0.550. The summed E-state index contributed by atoms with van der Waals surface area (Å²) in [4.78, 5) is 14.8. The molecule has 1 saturated heterocycles. The van der Waals surface area contributed by atoms with E-state index < -0.39 is 0 Å². The fourth-order valence-electron chi connectivity index (χ4n) is 3.70. The van der Waals surface area contributed by atoms with Crippen molar-refractivity contribution in [3.8, 4) is 0 Å². The average Bonchev–Trinajstić information content (AvgIpc) is 3.08. The summed E-state index contributed by atoms with van der Waals surface area (Å²) >= 11 is 0. The van der Waals surface area contributed by atoms with Gasteiger partial charge < -0.3 is 15.5 Å². The smallest absolute Gasteiger partial charge is 0.273 e. The van der Waals surface area contributed by atoms with Gasteiger partial charge in [0.05, 0.1) is 11.7 Å². The number of aromatic nitrogens is 3. The van der Waals surface area contributed by atoms with E-state index >= 15 is 0 Å². The molecule has 0 spiro atoms. The second kappa shape index (κ2) is 8.99. The number of piperidine rings is 1. The highest BCUT2D eigenvalue weighted by atomic mass is 16.2. The molecule has 0 unspecified atom stereocenters. The summed E-state index contributed by atoms with van der Waals surface area (Å²) < 4.78 is 1.92. The van der Waals surface area contributed by atoms with Crippen molar-refractivity contribution in [3.63, 3.8) is 0 Å². The second-order valence-electron chi connectivity index (χ2n) is 7.07. The monoisotopic (exact) mass is 370 g/mol. The van der Waals surface area contributed by atoms with E-state index in [1.54, 1.807) is 0 Å². The molecule has 0 aliphatic carbocycles. The number of carbonyl (C=O) groups is 1. The van der Waals surface area contributed by atoms with Crippen molar-refractivity contribution < 1.29 is 4.79 Å². The highest BCUT2D eigenvalue weighted by molar-refractivity contribution is 5.93. The number of para-hydroxylation sites is 1. The van der Waals surface area contributed by atoms with Gasteiger partial charge in [-0.05, 0) is 58.3 Å². The molecule has 7 nitrogen and oxygen atoms in total. The maximum atomic E-state index is 12.6. The first-order valence-electron chi connectivity index (χ1n) is 9.83. The minimum Gasteiger partial charge on any atom is -0.370 e. The largest absolute Gasteiger partial charge is 0.370 e. The van der Waals surface area contributed by atoms with Crippen LogP contribution in [0.5, 0.6) is 0 Å². The zero-order valence-corrected chi connectivity index (χ0v) is 16.5. The van der Waals surface area contributed by atoms with Crippen LogP contribution in [0.1, 0.15) is 47.6 Å². The van der Waals surface area contributed by atoms with Gasteiger partial charge in [-0.1, -0.05) is 23.4 Å². The Morgan fingerprint density at radius 2 is 2.04 bits per heavy atom. The predicted octanol–water partition coefficient (Wildman–Crippen LogP) is 2.08. The summed E-state index contributed by atoms with van der Waals surface area (Å²) in [5.41, 5.74) is 3.74. The van der Waals surface area contributed by atoms with Crippen LogP contribution in [0.15, 0.2) is 24.3 Å². The number of benzene rings is 1. The normalized spacial score (nSPS) is 14.9. The van der Waals surface area contributed by atoms with E-state index in [1.807, 2.05) is 23.7 Å². The van der Waals surface area contributed by atoms with E-state index in [9.17, 15) is 4.79 Å². The molecule has 0 saturated carbocycles. The summed E-state index contributed by atoms with van der Waals surface area (Å²) in [6.45, 7) is 10.4. The first-order valence-corrected chi connectivity index (χ1v) is 9.83. The third-order valence-corrected chi connectivity index (χ3v) is 5.30. The Kier molecular flexibility index (Phi) is 6.45. The van der Waals surface area contributed by atoms with Crippen LogP contribution in [0.2, 0.25) is 0 Å². The number of hydrogen-bond donors (Lipinski definition) is 2. The van der Waals surface area contributed by atoms with Gasteiger partial charge in [0.2, 0.25) is 0 Å². The van der Waals surface area contributed by atoms with Gasteiger partial charge in [-0.2, -0.15) is 0 Å². The summed E-state index contributed by atoms with van der Waals surface area (Å²) in [7, 11) is 0. The molecule has 2 heterocycles.